The molecule has 1 aromatic carbocycles. The van der Waals surface area contributed by atoms with E-state index in [0.29, 0.717) is 6.54 Å². The minimum Gasteiger partial charge on any atom is -0.506 e. The van der Waals surface area contributed by atoms with Crippen molar-refractivity contribution in [3.05, 3.63) is 53.9 Å². The third kappa shape index (κ3) is 4.82. The number of rotatable bonds is 6. The fourth-order valence-corrected chi connectivity index (χ4v) is 2.33. The maximum absolute atomic E-state index is 11.1. The Labute approximate surface area is 123 Å². The average Bonchev–Trinajstić information content (AvgIpc) is 2.45. The molecule has 0 aliphatic heterocycles. The number of hydrogen-bond acceptors (Lipinski definition) is 5. The topological polar surface area (TPSA) is 105 Å². The lowest BCUT2D eigenvalue weighted by Crippen LogP contribution is -2.17. The number of sulfonamides is 1. The minimum absolute atomic E-state index is 0.118. The highest BCUT2D eigenvalue weighted by Crippen LogP contribution is 2.09. The van der Waals surface area contributed by atoms with Crippen LogP contribution >= 0.6 is 0 Å². The summed E-state index contributed by atoms with van der Waals surface area (Å²) in [4.78, 5) is 4.19. The van der Waals surface area contributed by atoms with Crippen LogP contribution in [0, 0.1) is 0 Å². The zero-order valence-electron chi connectivity index (χ0n) is 11.4. The molecule has 0 unspecified atom stereocenters. The summed E-state index contributed by atoms with van der Waals surface area (Å²) in [5.41, 5.74) is 1.87. The number of nitrogens with one attached hydrogen (secondary N) is 1. The van der Waals surface area contributed by atoms with Crippen LogP contribution in [-0.4, -0.2) is 25.1 Å². The molecule has 0 spiro atoms. The quantitative estimate of drug-likeness (QED) is 0.684. The van der Waals surface area contributed by atoms with Crippen molar-refractivity contribution in [2.45, 2.75) is 17.9 Å². The Kier molecular flexibility index (Phi) is 4.89. The lowest BCUT2D eigenvalue weighted by atomic mass is 10.1. The summed E-state index contributed by atoms with van der Waals surface area (Å²) >= 11 is 0. The van der Waals surface area contributed by atoms with Gasteiger partial charge in [-0.05, 0) is 42.8 Å². The predicted molar refractivity (Wildman–Crippen MR) is 79.1 cm³/mol. The molecular weight excluding hydrogens is 290 g/mol. The van der Waals surface area contributed by atoms with Gasteiger partial charge in [0.1, 0.15) is 5.75 Å². The third-order valence-corrected chi connectivity index (χ3v) is 3.89. The summed E-state index contributed by atoms with van der Waals surface area (Å²) in [5, 5.41) is 17.4. The van der Waals surface area contributed by atoms with Crippen LogP contribution in [0.15, 0.2) is 47.5 Å². The molecule has 2 rings (SSSR count). The van der Waals surface area contributed by atoms with E-state index < -0.39 is 10.0 Å². The van der Waals surface area contributed by atoms with Gasteiger partial charge in [0.2, 0.25) is 10.0 Å². The minimum atomic E-state index is -3.63. The molecule has 0 aliphatic rings. The van der Waals surface area contributed by atoms with Gasteiger partial charge in [0.05, 0.1) is 16.8 Å². The van der Waals surface area contributed by atoms with Crippen molar-refractivity contribution in [3.63, 3.8) is 0 Å². The van der Waals surface area contributed by atoms with E-state index in [2.05, 4.69) is 10.3 Å². The summed E-state index contributed by atoms with van der Waals surface area (Å²) < 4.78 is 22.3. The average molecular weight is 307 g/mol. The fourth-order valence-electron chi connectivity index (χ4n) is 1.82. The van der Waals surface area contributed by atoms with E-state index >= 15 is 0 Å². The van der Waals surface area contributed by atoms with Crippen LogP contribution in [-0.2, 0) is 23.0 Å². The molecule has 21 heavy (non-hydrogen) atoms. The molecule has 6 nitrogen and oxygen atoms in total. The summed E-state index contributed by atoms with van der Waals surface area (Å²) in [6, 6.07) is 9.86. The first-order valence-electron chi connectivity index (χ1n) is 6.41. The van der Waals surface area contributed by atoms with E-state index in [9.17, 15) is 8.42 Å². The molecule has 0 amide bonds. The van der Waals surface area contributed by atoms with E-state index in [1.54, 1.807) is 24.3 Å². The van der Waals surface area contributed by atoms with Crippen molar-refractivity contribution in [3.8, 4) is 5.75 Å². The predicted octanol–water partition coefficient (Wildman–Crippen LogP) is 0.767. The molecule has 2 aromatic rings. The first-order valence-corrected chi connectivity index (χ1v) is 7.96. The van der Waals surface area contributed by atoms with Gasteiger partial charge in [0.25, 0.3) is 0 Å². The molecule has 1 aromatic heterocycles. The molecule has 0 bridgehead atoms. The second-order valence-corrected chi connectivity index (χ2v) is 6.18. The maximum atomic E-state index is 11.1. The monoisotopic (exact) mass is 307 g/mol. The molecule has 0 aliphatic carbocycles. The van der Waals surface area contributed by atoms with Gasteiger partial charge in [-0.1, -0.05) is 12.1 Å². The van der Waals surface area contributed by atoms with Gasteiger partial charge >= 0.3 is 0 Å². The molecule has 112 valence electrons. The van der Waals surface area contributed by atoms with Crippen LogP contribution in [0.2, 0.25) is 0 Å². The smallest absolute Gasteiger partial charge is 0.238 e. The number of nitrogens with two attached hydrogens (primary N) is 1. The van der Waals surface area contributed by atoms with E-state index in [-0.39, 0.29) is 10.6 Å². The number of hydrogen-bond donors (Lipinski definition) is 3. The van der Waals surface area contributed by atoms with E-state index in [1.165, 1.54) is 18.3 Å². The van der Waals surface area contributed by atoms with Crippen molar-refractivity contribution < 1.29 is 13.5 Å². The maximum Gasteiger partial charge on any atom is 0.238 e. The zero-order valence-corrected chi connectivity index (χ0v) is 12.2. The normalized spacial score (nSPS) is 11.5. The first-order chi connectivity index (χ1) is 9.95. The Morgan fingerprint density at radius 1 is 1.14 bits per heavy atom. The van der Waals surface area contributed by atoms with Crippen LogP contribution in [0.1, 0.15) is 11.3 Å². The molecule has 4 N–H and O–H groups in total. The molecule has 0 atom stereocenters. The Morgan fingerprint density at radius 3 is 2.43 bits per heavy atom. The van der Waals surface area contributed by atoms with Gasteiger partial charge in [-0.3, -0.25) is 4.98 Å². The second-order valence-electron chi connectivity index (χ2n) is 4.62. The summed E-state index contributed by atoms with van der Waals surface area (Å²) in [5.74, 6) is 0.147. The molecule has 1 heterocycles. The van der Waals surface area contributed by atoms with E-state index in [1.807, 2.05) is 0 Å². The molecule has 0 saturated carbocycles. The number of primary sulfonamides is 1. The number of aromatic hydroxyl groups is 1. The number of pyridine rings is 1. The Bertz CT molecular complexity index is 682. The highest BCUT2D eigenvalue weighted by molar-refractivity contribution is 7.89. The van der Waals surface area contributed by atoms with Gasteiger partial charge in [-0.15, -0.1) is 0 Å². The van der Waals surface area contributed by atoms with Crippen molar-refractivity contribution >= 4 is 10.0 Å². The van der Waals surface area contributed by atoms with Crippen molar-refractivity contribution in [1.82, 2.24) is 10.3 Å². The standard InChI is InChI=1S/C14H17N3O3S/c15-21(19,20)14-5-1-11(2-6-14)7-8-16-9-12-3-4-13(18)10-17-12/h1-6,10,16,18H,7-9H2,(H2,15,19,20). The lowest BCUT2D eigenvalue weighted by molar-refractivity contribution is 0.471. The van der Waals surface area contributed by atoms with Gasteiger partial charge in [-0.2, -0.15) is 0 Å². The largest absolute Gasteiger partial charge is 0.506 e. The van der Waals surface area contributed by atoms with Crippen LogP contribution in [0.5, 0.6) is 5.75 Å². The zero-order chi connectivity index (χ0) is 15.3. The van der Waals surface area contributed by atoms with Gasteiger partial charge < -0.3 is 10.4 Å². The molecule has 0 fully saturated rings. The SMILES string of the molecule is NS(=O)(=O)c1ccc(CCNCc2ccc(O)cn2)cc1. The van der Waals surface area contributed by atoms with Crippen LogP contribution in [0.4, 0.5) is 0 Å². The van der Waals surface area contributed by atoms with Crippen molar-refractivity contribution in [2.24, 2.45) is 5.14 Å². The summed E-state index contributed by atoms with van der Waals surface area (Å²) in [6.07, 6.45) is 2.17. The molecular formula is C14H17N3O3S. The lowest BCUT2D eigenvalue weighted by Gasteiger charge is -2.05. The summed E-state index contributed by atoms with van der Waals surface area (Å²) in [6.45, 7) is 1.34. The van der Waals surface area contributed by atoms with Crippen LogP contribution < -0.4 is 10.5 Å². The third-order valence-electron chi connectivity index (χ3n) is 2.96. The first kappa shape index (κ1) is 15.4. The van der Waals surface area contributed by atoms with E-state index in [0.717, 1.165) is 24.2 Å². The van der Waals surface area contributed by atoms with Crippen LogP contribution in [0.3, 0.4) is 0 Å². The highest BCUT2D eigenvalue weighted by atomic mass is 32.2. The van der Waals surface area contributed by atoms with Crippen molar-refractivity contribution in [1.29, 1.82) is 0 Å². The number of benzene rings is 1. The fraction of sp³-hybridized carbons (Fsp3) is 0.214. The van der Waals surface area contributed by atoms with E-state index in [4.69, 9.17) is 10.2 Å². The second kappa shape index (κ2) is 6.66. The molecule has 7 heteroatoms. The highest BCUT2D eigenvalue weighted by Gasteiger charge is 2.06. The molecule has 0 saturated heterocycles. The van der Waals surface area contributed by atoms with Gasteiger partial charge in [0.15, 0.2) is 0 Å². The number of nitrogens with zero attached hydrogens (tertiary/aromatic N) is 1. The van der Waals surface area contributed by atoms with Gasteiger partial charge in [0, 0.05) is 6.54 Å². The molecule has 0 radical (unpaired) electrons. The van der Waals surface area contributed by atoms with Crippen LogP contribution in [0.25, 0.3) is 0 Å². The Morgan fingerprint density at radius 2 is 1.86 bits per heavy atom. The summed E-state index contributed by atoms with van der Waals surface area (Å²) in [7, 11) is -3.63. The van der Waals surface area contributed by atoms with Crippen molar-refractivity contribution in [2.75, 3.05) is 6.54 Å². The Balaban J connectivity index is 1.80. The van der Waals surface area contributed by atoms with Gasteiger partial charge in [-0.25, -0.2) is 13.6 Å². The number of aromatic nitrogens is 1. The Hall–Kier alpha value is -1.96.